The monoisotopic (exact) mass is 356 g/mol. The molecule has 1 unspecified atom stereocenters. The average molecular weight is 357 g/mol. The Balaban J connectivity index is 2.13. The summed E-state index contributed by atoms with van der Waals surface area (Å²) in [4.78, 5) is 8.56. The van der Waals surface area contributed by atoms with Gasteiger partial charge in [0.1, 0.15) is 11.4 Å². The van der Waals surface area contributed by atoms with E-state index in [1.165, 1.54) is 0 Å². The van der Waals surface area contributed by atoms with E-state index in [1.807, 2.05) is 24.3 Å². The highest BCUT2D eigenvalue weighted by molar-refractivity contribution is 6.34. The lowest BCUT2D eigenvalue weighted by atomic mass is 10.0. The maximum Gasteiger partial charge on any atom is 0.137 e. The van der Waals surface area contributed by atoms with E-state index in [1.54, 1.807) is 25.4 Å². The molecule has 130 valence electrons. The predicted octanol–water partition coefficient (Wildman–Crippen LogP) is 3.73. The van der Waals surface area contributed by atoms with Crippen molar-refractivity contribution in [3.63, 3.8) is 0 Å². The molecular weight excluding hydrogens is 336 g/mol. The Hall–Kier alpha value is -2.37. The number of hydrogen-bond acceptors (Lipinski definition) is 5. The normalized spacial score (nSPS) is 20.4. The lowest BCUT2D eigenvalue weighted by Gasteiger charge is -2.16. The maximum absolute atomic E-state index is 10.2. The second kappa shape index (κ2) is 6.50. The number of rotatable bonds is 3. The quantitative estimate of drug-likeness (QED) is 0.782. The van der Waals surface area contributed by atoms with Crippen LogP contribution in [0.15, 0.2) is 47.7 Å². The fourth-order valence-corrected chi connectivity index (χ4v) is 2.81. The van der Waals surface area contributed by atoms with Crippen LogP contribution >= 0.6 is 11.6 Å². The number of aliphatic hydroxyl groups is 1. The molecule has 0 aliphatic carbocycles. The summed E-state index contributed by atoms with van der Waals surface area (Å²) in [6, 6.07) is 6.16. The molecule has 0 saturated carbocycles. The maximum atomic E-state index is 10.2. The number of fused-ring (bicyclic) bond motifs is 1. The van der Waals surface area contributed by atoms with Gasteiger partial charge >= 0.3 is 0 Å². The van der Waals surface area contributed by atoms with Crippen molar-refractivity contribution in [1.29, 1.82) is 0 Å². The Labute approximate surface area is 151 Å². The summed E-state index contributed by atoms with van der Waals surface area (Å²) < 4.78 is 0. The third-order valence-electron chi connectivity index (χ3n) is 4.04. The molecule has 5 nitrogen and oxygen atoms in total. The summed E-state index contributed by atoms with van der Waals surface area (Å²) in [7, 11) is 0. The van der Waals surface area contributed by atoms with Gasteiger partial charge in [0.2, 0.25) is 0 Å². The van der Waals surface area contributed by atoms with E-state index < -0.39 is 5.60 Å². The Morgan fingerprint density at radius 2 is 2.08 bits per heavy atom. The van der Waals surface area contributed by atoms with Crippen molar-refractivity contribution in [3.8, 4) is 0 Å². The molecular formula is C19H21ClN4O. The van der Waals surface area contributed by atoms with E-state index in [4.69, 9.17) is 17.3 Å². The molecule has 1 aliphatic rings. The number of nitrogens with two attached hydrogens (primary N) is 1. The lowest BCUT2D eigenvalue weighted by molar-refractivity contribution is 0.183. The largest absolute Gasteiger partial charge is 0.384 e. The van der Waals surface area contributed by atoms with Gasteiger partial charge < -0.3 is 16.2 Å². The van der Waals surface area contributed by atoms with E-state index in [0.717, 1.165) is 27.7 Å². The molecule has 0 bridgehead atoms. The van der Waals surface area contributed by atoms with Gasteiger partial charge in [-0.2, -0.15) is 0 Å². The first-order chi connectivity index (χ1) is 11.8. The zero-order valence-corrected chi connectivity index (χ0v) is 15.2. The van der Waals surface area contributed by atoms with Gasteiger partial charge in [-0.1, -0.05) is 23.7 Å². The van der Waals surface area contributed by atoms with Crippen molar-refractivity contribution in [2.24, 2.45) is 10.7 Å². The van der Waals surface area contributed by atoms with Crippen molar-refractivity contribution >= 4 is 39.6 Å². The number of nitrogens with zero attached hydrogens (tertiary/aromatic N) is 2. The highest BCUT2D eigenvalue weighted by Gasteiger charge is 2.23. The van der Waals surface area contributed by atoms with Crippen LogP contribution in [0.2, 0.25) is 5.02 Å². The first-order valence-corrected chi connectivity index (χ1v) is 8.46. The summed E-state index contributed by atoms with van der Waals surface area (Å²) >= 11 is 6.34. The van der Waals surface area contributed by atoms with Gasteiger partial charge in [-0.05, 0) is 50.1 Å². The Morgan fingerprint density at radius 3 is 2.80 bits per heavy atom. The zero-order chi connectivity index (χ0) is 18.2. The van der Waals surface area contributed by atoms with Crippen molar-refractivity contribution in [3.05, 3.63) is 53.3 Å². The van der Waals surface area contributed by atoms with Gasteiger partial charge in [0.25, 0.3) is 0 Å². The van der Waals surface area contributed by atoms with E-state index in [-0.39, 0.29) is 11.9 Å². The average Bonchev–Trinajstić information content (AvgIpc) is 2.69. The molecule has 0 fully saturated rings. The van der Waals surface area contributed by atoms with Gasteiger partial charge in [-0.15, -0.1) is 0 Å². The number of aromatic nitrogens is 1. The molecule has 3 rings (SSSR count). The first kappa shape index (κ1) is 17.5. The van der Waals surface area contributed by atoms with Crippen LogP contribution < -0.4 is 11.1 Å². The van der Waals surface area contributed by atoms with Crippen molar-refractivity contribution in [1.82, 2.24) is 4.98 Å². The number of halogens is 1. The molecule has 1 aliphatic heterocycles. The van der Waals surface area contributed by atoms with Crippen LogP contribution in [0.1, 0.15) is 26.3 Å². The number of anilines is 1. The second-order valence-corrected chi connectivity index (χ2v) is 7.00. The van der Waals surface area contributed by atoms with E-state index in [2.05, 4.69) is 29.1 Å². The van der Waals surface area contributed by atoms with Gasteiger partial charge in [0.15, 0.2) is 0 Å². The number of amidine groups is 1. The predicted molar refractivity (Wildman–Crippen MR) is 105 cm³/mol. The lowest BCUT2D eigenvalue weighted by Crippen LogP contribution is -2.38. The third-order valence-corrected chi connectivity index (χ3v) is 4.32. The summed E-state index contributed by atoms with van der Waals surface area (Å²) in [5.41, 5.74) is 8.04. The van der Waals surface area contributed by atoms with Crippen molar-refractivity contribution in [2.75, 3.05) is 5.32 Å². The van der Waals surface area contributed by atoms with Crippen LogP contribution in [0, 0.1) is 0 Å². The van der Waals surface area contributed by atoms with Crippen LogP contribution in [0.3, 0.4) is 0 Å². The number of allylic oxidation sites excluding steroid dienone is 2. The molecule has 6 heteroatoms. The highest BCUT2D eigenvalue weighted by atomic mass is 35.5. The highest BCUT2D eigenvalue weighted by Crippen LogP contribution is 2.33. The van der Waals surface area contributed by atoms with Crippen LogP contribution in [0.25, 0.3) is 16.5 Å². The topological polar surface area (TPSA) is 83.5 Å². The minimum atomic E-state index is -1.26. The van der Waals surface area contributed by atoms with Gasteiger partial charge in [-0.3, -0.25) is 4.98 Å². The summed E-state index contributed by atoms with van der Waals surface area (Å²) in [5.74, 6) is 0.159. The molecule has 0 amide bonds. The van der Waals surface area contributed by atoms with E-state index in [9.17, 15) is 5.11 Å². The Morgan fingerprint density at radius 1 is 1.32 bits per heavy atom. The van der Waals surface area contributed by atoms with Crippen molar-refractivity contribution in [2.45, 2.75) is 32.4 Å². The number of hydrogen-bond donors (Lipinski definition) is 3. The number of benzene rings is 1. The summed E-state index contributed by atoms with van der Waals surface area (Å²) in [5, 5.41) is 15.1. The SMILES string of the molecule is CC(C)Nc1c(Cl)cnc2ccc(C3=CN=C(N)C(C)(O)C=C3)cc12. The van der Waals surface area contributed by atoms with Crippen LogP contribution in [-0.2, 0) is 0 Å². The molecule has 0 spiro atoms. The van der Waals surface area contributed by atoms with Gasteiger partial charge in [0, 0.05) is 23.8 Å². The Kier molecular flexibility index (Phi) is 4.54. The van der Waals surface area contributed by atoms with Crippen molar-refractivity contribution < 1.29 is 5.11 Å². The molecule has 2 aromatic rings. The molecule has 0 saturated heterocycles. The van der Waals surface area contributed by atoms with Gasteiger partial charge in [0.05, 0.1) is 16.2 Å². The summed E-state index contributed by atoms with van der Waals surface area (Å²) in [6.07, 6.45) is 6.76. The molecule has 1 aromatic carbocycles. The Bertz CT molecular complexity index is 913. The smallest absolute Gasteiger partial charge is 0.137 e. The molecule has 0 radical (unpaired) electrons. The minimum Gasteiger partial charge on any atom is -0.384 e. The molecule has 4 N–H and O–H groups in total. The molecule has 1 aromatic heterocycles. The standard InChI is InChI=1S/C19H21ClN4O/c1-11(2)24-17-14-8-12(4-5-16(14)22-10-15(17)20)13-6-7-19(3,25)18(21)23-9-13/h4-11,25H,1-3H3,(H2,21,23)(H,22,24). The number of aliphatic imine (C=N–C) groups is 1. The minimum absolute atomic E-state index is 0.159. The molecule has 1 atom stereocenters. The number of nitrogens with one attached hydrogen (secondary N) is 1. The van der Waals surface area contributed by atoms with E-state index >= 15 is 0 Å². The van der Waals surface area contributed by atoms with Crippen LogP contribution in [-0.4, -0.2) is 27.6 Å². The fourth-order valence-electron chi connectivity index (χ4n) is 2.60. The first-order valence-electron chi connectivity index (χ1n) is 8.08. The van der Waals surface area contributed by atoms with Crippen LogP contribution in [0.4, 0.5) is 5.69 Å². The second-order valence-electron chi connectivity index (χ2n) is 6.59. The molecule has 25 heavy (non-hydrogen) atoms. The van der Waals surface area contributed by atoms with E-state index in [0.29, 0.717) is 5.02 Å². The molecule has 2 heterocycles. The van der Waals surface area contributed by atoms with Crippen LogP contribution in [0.5, 0.6) is 0 Å². The summed E-state index contributed by atoms with van der Waals surface area (Å²) in [6.45, 7) is 5.72. The number of pyridine rings is 1. The van der Waals surface area contributed by atoms with Gasteiger partial charge in [-0.25, -0.2) is 4.99 Å². The fraction of sp³-hybridized carbons (Fsp3) is 0.263. The third kappa shape index (κ3) is 3.52. The zero-order valence-electron chi connectivity index (χ0n) is 14.4.